The molecule has 1 aliphatic carbocycles. The fraction of sp³-hybridized carbons (Fsp3) is 0.429. The molecule has 0 spiro atoms. The molecule has 0 bridgehead atoms. The van der Waals surface area contributed by atoms with Crippen LogP contribution in [0.2, 0.25) is 0 Å². The fourth-order valence-electron chi connectivity index (χ4n) is 2.51. The highest BCUT2D eigenvalue weighted by molar-refractivity contribution is 5.41. The summed E-state index contributed by atoms with van der Waals surface area (Å²) < 4.78 is 5.21. The zero-order valence-corrected chi connectivity index (χ0v) is 9.70. The van der Waals surface area contributed by atoms with Gasteiger partial charge in [0.25, 0.3) is 0 Å². The van der Waals surface area contributed by atoms with E-state index >= 15 is 0 Å². The summed E-state index contributed by atoms with van der Waals surface area (Å²) in [4.78, 5) is 0. The zero-order valence-electron chi connectivity index (χ0n) is 9.70. The number of methoxy groups -OCH3 is 1. The first kappa shape index (κ1) is 11.2. The molecule has 0 heterocycles. The molecule has 2 nitrogen and oxygen atoms in total. The molecule has 0 saturated heterocycles. The minimum atomic E-state index is -0.721. The normalized spacial score (nSPS) is 23.6. The number of hydrogen-bond donors (Lipinski definition) is 1. The van der Waals surface area contributed by atoms with E-state index in [1.54, 1.807) is 13.2 Å². The number of hydrogen-bond acceptors (Lipinski definition) is 2. The number of fused-ring (bicyclic) bond motifs is 1. The van der Waals surface area contributed by atoms with Gasteiger partial charge in [0.1, 0.15) is 5.75 Å². The van der Waals surface area contributed by atoms with Crippen molar-refractivity contribution in [1.29, 1.82) is 0 Å². The van der Waals surface area contributed by atoms with E-state index in [4.69, 9.17) is 4.74 Å². The maximum atomic E-state index is 10.6. The smallest absolute Gasteiger partial charge is 0.119 e. The van der Waals surface area contributed by atoms with Crippen molar-refractivity contribution >= 4 is 0 Å². The molecule has 1 N–H and O–H groups in total. The Balaban J connectivity index is 2.43. The molecular weight excluding hydrogens is 200 g/mol. The molecule has 1 atom stereocenters. The predicted molar refractivity (Wildman–Crippen MR) is 64.6 cm³/mol. The van der Waals surface area contributed by atoms with E-state index in [1.165, 1.54) is 5.56 Å². The summed E-state index contributed by atoms with van der Waals surface area (Å²) in [5.41, 5.74) is 1.52. The monoisotopic (exact) mass is 218 g/mol. The minimum absolute atomic E-state index is 0.617. The minimum Gasteiger partial charge on any atom is -0.497 e. The average molecular weight is 218 g/mol. The lowest BCUT2D eigenvalue weighted by Crippen LogP contribution is -2.29. The molecule has 0 aliphatic heterocycles. The summed E-state index contributed by atoms with van der Waals surface area (Å²) >= 11 is 0. The zero-order chi connectivity index (χ0) is 11.6. The van der Waals surface area contributed by atoms with Crippen molar-refractivity contribution in [2.45, 2.75) is 31.3 Å². The molecule has 1 aromatic carbocycles. The summed E-state index contributed by atoms with van der Waals surface area (Å²) in [7, 11) is 1.67. The molecule has 0 fully saturated rings. The Bertz CT molecular complexity index is 398. The van der Waals surface area contributed by atoms with Gasteiger partial charge in [0.15, 0.2) is 0 Å². The highest BCUT2D eigenvalue weighted by Gasteiger charge is 2.33. The van der Waals surface area contributed by atoms with Crippen LogP contribution in [0, 0.1) is 0 Å². The second-order valence-electron chi connectivity index (χ2n) is 4.40. The quantitative estimate of drug-likeness (QED) is 0.790. The van der Waals surface area contributed by atoms with Crippen molar-refractivity contribution < 1.29 is 9.84 Å². The van der Waals surface area contributed by atoms with E-state index in [9.17, 15) is 5.11 Å². The van der Waals surface area contributed by atoms with Gasteiger partial charge in [-0.3, -0.25) is 0 Å². The average Bonchev–Trinajstić information content (AvgIpc) is 2.29. The molecule has 1 aliphatic rings. The number of aryl methyl sites for hydroxylation is 1. The Labute approximate surface area is 96.6 Å². The molecule has 2 heteroatoms. The van der Waals surface area contributed by atoms with Gasteiger partial charge in [0, 0.05) is 0 Å². The number of ether oxygens (including phenoxy) is 1. The topological polar surface area (TPSA) is 29.5 Å². The Morgan fingerprint density at radius 2 is 2.38 bits per heavy atom. The summed E-state index contributed by atoms with van der Waals surface area (Å²) in [6, 6.07) is 5.93. The van der Waals surface area contributed by atoms with Crippen LogP contribution < -0.4 is 4.74 Å². The molecule has 0 aromatic heterocycles. The van der Waals surface area contributed by atoms with Gasteiger partial charge in [-0.05, 0) is 48.9 Å². The van der Waals surface area contributed by atoms with Gasteiger partial charge in [0.05, 0.1) is 12.7 Å². The van der Waals surface area contributed by atoms with E-state index in [1.807, 2.05) is 18.2 Å². The SMILES string of the molecule is C=CCC1(O)CCCc2cc(OC)ccc21. The van der Waals surface area contributed by atoms with Gasteiger partial charge in [-0.25, -0.2) is 0 Å². The van der Waals surface area contributed by atoms with Crippen LogP contribution in [0.4, 0.5) is 0 Å². The Morgan fingerprint density at radius 3 is 3.06 bits per heavy atom. The fourth-order valence-corrected chi connectivity index (χ4v) is 2.51. The van der Waals surface area contributed by atoms with Gasteiger partial charge in [-0.2, -0.15) is 0 Å². The first-order valence-electron chi connectivity index (χ1n) is 5.70. The van der Waals surface area contributed by atoms with Crippen molar-refractivity contribution in [3.8, 4) is 5.75 Å². The van der Waals surface area contributed by atoms with Crippen LogP contribution in [-0.4, -0.2) is 12.2 Å². The summed E-state index contributed by atoms with van der Waals surface area (Å²) in [5, 5.41) is 10.6. The maximum Gasteiger partial charge on any atom is 0.119 e. The van der Waals surface area contributed by atoms with Gasteiger partial charge in [0.2, 0.25) is 0 Å². The molecule has 1 unspecified atom stereocenters. The lowest BCUT2D eigenvalue weighted by molar-refractivity contribution is 0.0218. The third-order valence-electron chi connectivity index (χ3n) is 3.33. The van der Waals surface area contributed by atoms with E-state index in [0.717, 1.165) is 30.6 Å². The van der Waals surface area contributed by atoms with E-state index in [2.05, 4.69) is 6.58 Å². The lowest BCUT2D eigenvalue weighted by Gasteiger charge is -2.34. The lowest BCUT2D eigenvalue weighted by atomic mass is 9.77. The summed E-state index contributed by atoms with van der Waals surface area (Å²) in [6.07, 6.45) is 5.26. The molecule has 0 radical (unpaired) electrons. The molecule has 0 amide bonds. The summed E-state index contributed by atoms with van der Waals surface area (Å²) in [6.45, 7) is 3.72. The largest absolute Gasteiger partial charge is 0.497 e. The van der Waals surface area contributed by atoms with Crippen LogP contribution >= 0.6 is 0 Å². The molecule has 86 valence electrons. The molecular formula is C14H18O2. The molecule has 0 saturated carbocycles. The molecule has 1 aromatic rings. The number of aliphatic hydroxyl groups is 1. The Hall–Kier alpha value is -1.28. The highest BCUT2D eigenvalue weighted by atomic mass is 16.5. The third-order valence-corrected chi connectivity index (χ3v) is 3.33. The highest BCUT2D eigenvalue weighted by Crippen LogP contribution is 2.39. The molecule has 16 heavy (non-hydrogen) atoms. The maximum absolute atomic E-state index is 10.6. The van der Waals surface area contributed by atoms with Crippen molar-refractivity contribution in [1.82, 2.24) is 0 Å². The number of rotatable bonds is 3. The van der Waals surface area contributed by atoms with Crippen molar-refractivity contribution in [2.75, 3.05) is 7.11 Å². The second kappa shape index (κ2) is 4.30. The Kier molecular flexibility index (Phi) is 3.01. The number of benzene rings is 1. The van der Waals surface area contributed by atoms with Crippen LogP contribution in [0.5, 0.6) is 5.75 Å². The van der Waals surface area contributed by atoms with E-state index in [0.29, 0.717) is 6.42 Å². The van der Waals surface area contributed by atoms with Gasteiger partial charge >= 0.3 is 0 Å². The first-order valence-corrected chi connectivity index (χ1v) is 5.70. The van der Waals surface area contributed by atoms with Crippen LogP contribution in [0.25, 0.3) is 0 Å². The van der Waals surface area contributed by atoms with Gasteiger partial charge in [-0.1, -0.05) is 12.1 Å². The summed E-state index contributed by atoms with van der Waals surface area (Å²) in [5.74, 6) is 0.863. The third kappa shape index (κ3) is 1.85. The van der Waals surface area contributed by atoms with Crippen LogP contribution in [0.3, 0.4) is 0 Å². The van der Waals surface area contributed by atoms with Crippen molar-refractivity contribution in [3.63, 3.8) is 0 Å². The van der Waals surface area contributed by atoms with Gasteiger partial charge < -0.3 is 9.84 Å². The standard InChI is InChI=1S/C14H18O2/c1-3-8-14(15)9-4-5-11-10-12(16-2)6-7-13(11)14/h3,6-7,10,15H,1,4-5,8-9H2,2H3. The predicted octanol–water partition coefficient (Wildman–Crippen LogP) is 2.80. The first-order chi connectivity index (χ1) is 7.69. The van der Waals surface area contributed by atoms with E-state index < -0.39 is 5.60 Å². The second-order valence-corrected chi connectivity index (χ2v) is 4.40. The van der Waals surface area contributed by atoms with E-state index in [-0.39, 0.29) is 0 Å². The van der Waals surface area contributed by atoms with Crippen molar-refractivity contribution in [3.05, 3.63) is 42.0 Å². The van der Waals surface area contributed by atoms with Crippen molar-refractivity contribution in [2.24, 2.45) is 0 Å². The molecule has 2 rings (SSSR count). The van der Waals surface area contributed by atoms with Gasteiger partial charge in [-0.15, -0.1) is 6.58 Å². The van der Waals surface area contributed by atoms with Crippen LogP contribution in [0.1, 0.15) is 30.4 Å². The van der Waals surface area contributed by atoms with Crippen LogP contribution in [0.15, 0.2) is 30.9 Å². The Morgan fingerprint density at radius 1 is 1.56 bits per heavy atom. The van der Waals surface area contributed by atoms with Crippen LogP contribution in [-0.2, 0) is 12.0 Å².